The molecular weight excluding hydrogens is 304 g/mol. The minimum atomic E-state index is 0.754. The molecule has 0 radical (unpaired) electrons. The Morgan fingerprint density at radius 3 is 2.65 bits per heavy atom. The molecular formula is C19H26N2OS. The van der Waals surface area contributed by atoms with E-state index in [-0.39, 0.29) is 0 Å². The summed E-state index contributed by atoms with van der Waals surface area (Å²) >= 11 is 1.70. The van der Waals surface area contributed by atoms with Gasteiger partial charge in [0.05, 0.1) is 6.61 Å². The second kappa shape index (κ2) is 10.2. The molecule has 124 valence electrons. The van der Waals surface area contributed by atoms with Crippen LogP contribution in [0.15, 0.2) is 36.4 Å². The summed E-state index contributed by atoms with van der Waals surface area (Å²) < 4.78 is 5.75. The molecule has 0 atom stereocenters. The number of ether oxygens (including phenoxy) is 1. The zero-order valence-corrected chi connectivity index (χ0v) is 14.9. The maximum absolute atomic E-state index is 5.75. The van der Waals surface area contributed by atoms with Gasteiger partial charge in [0, 0.05) is 12.0 Å². The van der Waals surface area contributed by atoms with Gasteiger partial charge in [-0.25, -0.2) is 0 Å². The molecule has 1 aromatic carbocycles. The molecule has 0 N–H and O–H groups in total. The third-order valence-corrected chi connectivity index (χ3v) is 4.61. The van der Waals surface area contributed by atoms with Gasteiger partial charge in [-0.15, -0.1) is 10.2 Å². The van der Waals surface area contributed by atoms with Crippen molar-refractivity contribution < 1.29 is 4.74 Å². The Hall–Kier alpha value is -1.68. The van der Waals surface area contributed by atoms with Crippen molar-refractivity contribution in [2.24, 2.45) is 0 Å². The van der Waals surface area contributed by atoms with Gasteiger partial charge in [0.1, 0.15) is 15.8 Å². The van der Waals surface area contributed by atoms with Crippen molar-refractivity contribution in [3.63, 3.8) is 0 Å². The number of aryl methyl sites for hydroxylation is 1. The molecule has 1 aromatic heterocycles. The van der Waals surface area contributed by atoms with Gasteiger partial charge in [0.15, 0.2) is 0 Å². The van der Waals surface area contributed by atoms with E-state index in [0.29, 0.717) is 0 Å². The van der Waals surface area contributed by atoms with E-state index in [2.05, 4.69) is 41.4 Å². The van der Waals surface area contributed by atoms with Crippen molar-refractivity contribution in [1.82, 2.24) is 10.2 Å². The van der Waals surface area contributed by atoms with E-state index in [9.17, 15) is 0 Å². The largest absolute Gasteiger partial charge is 0.494 e. The lowest BCUT2D eigenvalue weighted by Crippen LogP contribution is -1.96. The van der Waals surface area contributed by atoms with E-state index < -0.39 is 0 Å². The van der Waals surface area contributed by atoms with Gasteiger partial charge in [-0.2, -0.15) is 0 Å². The molecule has 2 aromatic rings. The molecule has 4 heteroatoms. The fraction of sp³-hybridized carbons (Fsp3) is 0.474. The monoisotopic (exact) mass is 330 g/mol. The molecule has 23 heavy (non-hydrogen) atoms. The van der Waals surface area contributed by atoms with Crippen LogP contribution in [0.3, 0.4) is 0 Å². The second-order valence-electron chi connectivity index (χ2n) is 5.54. The van der Waals surface area contributed by atoms with Crippen LogP contribution in [0.2, 0.25) is 0 Å². The standard InChI is InChI=1S/C19H26N2OS/c1-3-5-7-9-15-22-17-13-11-16(12-14-17)19-21-20-18(23-19)10-8-6-4-2/h3,5,11-14H,4,6-10,15H2,1-2H3/b5-3+. The molecule has 0 amide bonds. The van der Waals surface area contributed by atoms with E-state index in [1.54, 1.807) is 11.3 Å². The predicted octanol–water partition coefficient (Wildman–Crippen LogP) is 5.67. The summed E-state index contributed by atoms with van der Waals surface area (Å²) in [5, 5.41) is 10.7. The van der Waals surface area contributed by atoms with Crippen molar-refractivity contribution in [2.75, 3.05) is 6.61 Å². The van der Waals surface area contributed by atoms with E-state index in [0.717, 1.165) is 47.2 Å². The molecule has 1 heterocycles. The van der Waals surface area contributed by atoms with E-state index in [1.165, 1.54) is 19.3 Å². The van der Waals surface area contributed by atoms with Gasteiger partial charge in [0.25, 0.3) is 0 Å². The van der Waals surface area contributed by atoms with Crippen LogP contribution in [-0.2, 0) is 6.42 Å². The van der Waals surface area contributed by atoms with Crippen molar-refractivity contribution >= 4 is 11.3 Å². The Morgan fingerprint density at radius 1 is 1.09 bits per heavy atom. The average Bonchev–Trinajstić information content (AvgIpc) is 3.04. The first-order chi connectivity index (χ1) is 11.3. The Balaban J connectivity index is 1.84. The van der Waals surface area contributed by atoms with Crippen LogP contribution in [0.1, 0.15) is 51.0 Å². The van der Waals surface area contributed by atoms with Gasteiger partial charge in [-0.05, 0) is 50.5 Å². The third-order valence-electron chi connectivity index (χ3n) is 3.58. The first kappa shape index (κ1) is 17.7. The first-order valence-corrected chi connectivity index (χ1v) is 9.32. The van der Waals surface area contributed by atoms with Crippen molar-refractivity contribution in [1.29, 1.82) is 0 Å². The molecule has 0 aliphatic heterocycles. The SMILES string of the molecule is C/C=C/CCCOc1ccc(-c2nnc(CCCCC)s2)cc1. The van der Waals surface area contributed by atoms with E-state index in [4.69, 9.17) is 4.74 Å². The predicted molar refractivity (Wildman–Crippen MR) is 98.1 cm³/mol. The summed E-state index contributed by atoms with van der Waals surface area (Å²) in [7, 11) is 0. The number of aromatic nitrogens is 2. The molecule has 0 aliphatic carbocycles. The number of nitrogens with zero attached hydrogens (tertiary/aromatic N) is 2. The van der Waals surface area contributed by atoms with Crippen LogP contribution in [-0.4, -0.2) is 16.8 Å². The van der Waals surface area contributed by atoms with Crippen LogP contribution >= 0.6 is 11.3 Å². The fourth-order valence-electron chi connectivity index (χ4n) is 2.25. The van der Waals surface area contributed by atoms with Crippen molar-refractivity contribution in [3.8, 4) is 16.3 Å². The lowest BCUT2D eigenvalue weighted by molar-refractivity contribution is 0.312. The summed E-state index contributed by atoms with van der Waals surface area (Å²) in [6, 6.07) is 8.17. The minimum absolute atomic E-state index is 0.754. The molecule has 0 saturated carbocycles. The lowest BCUT2D eigenvalue weighted by Gasteiger charge is -2.05. The second-order valence-corrected chi connectivity index (χ2v) is 6.60. The normalized spacial score (nSPS) is 11.2. The average molecular weight is 330 g/mol. The van der Waals surface area contributed by atoms with Gasteiger partial charge < -0.3 is 4.74 Å². The van der Waals surface area contributed by atoms with Crippen molar-refractivity contribution in [2.45, 2.75) is 52.4 Å². The van der Waals surface area contributed by atoms with Gasteiger partial charge in [-0.3, -0.25) is 0 Å². The minimum Gasteiger partial charge on any atom is -0.494 e. The fourth-order valence-corrected chi connectivity index (χ4v) is 3.14. The number of allylic oxidation sites excluding steroid dienone is 2. The number of hydrogen-bond donors (Lipinski definition) is 0. The molecule has 0 saturated heterocycles. The Morgan fingerprint density at radius 2 is 1.91 bits per heavy atom. The summed E-state index contributed by atoms with van der Waals surface area (Å²) in [6.45, 7) is 5.02. The van der Waals surface area contributed by atoms with Gasteiger partial charge in [-0.1, -0.05) is 43.3 Å². The summed E-state index contributed by atoms with van der Waals surface area (Å²) in [5.74, 6) is 0.918. The first-order valence-electron chi connectivity index (χ1n) is 8.50. The summed E-state index contributed by atoms with van der Waals surface area (Å²) in [6.07, 6.45) is 11.1. The van der Waals surface area contributed by atoms with Crippen LogP contribution in [0, 0.1) is 0 Å². The maximum atomic E-state index is 5.75. The highest BCUT2D eigenvalue weighted by Gasteiger charge is 2.06. The Bertz CT molecular complexity index is 590. The molecule has 0 unspecified atom stereocenters. The van der Waals surface area contributed by atoms with E-state index in [1.807, 2.05) is 19.1 Å². The van der Waals surface area contributed by atoms with E-state index >= 15 is 0 Å². The summed E-state index contributed by atoms with van der Waals surface area (Å²) in [4.78, 5) is 0. The van der Waals surface area contributed by atoms with Gasteiger partial charge in [0.2, 0.25) is 0 Å². The quantitative estimate of drug-likeness (QED) is 0.415. The van der Waals surface area contributed by atoms with Gasteiger partial charge >= 0.3 is 0 Å². The number of rotatable bonds is 10. The summed E-state index contributed by atoms with van der Waals surface area (Å²) in [5.41, 5.74) is 1.12. The molecule has 0 bridgehead atoms. The molecule has 0 spiro atoms. The highest BCUT2D eigenvalue weighted by atomic mass is 32.1. The Labute approximate surface area is 143 Å². The van der Waals surface area contributed by atoms with Crippen LogP contribution < -0.4 is 4.74 Å². The van der Waals surface area contributed by atoms with Crippen LogP contribution in [0.25, 0.3) is 10.6 Å². The maximum Gasteiger partial charge on any atom is 0.147 e. The molecule has 0 aliphatic rings. The van der Waals surface area contributed by atoms with Crippen molar-refractivity contribution in [3.05, 3.63) is 41.4 Å². The number of unbranched alkanes of at least 4 members (excludes halogenated alkanes) is 3. The zero-order valence-electron chi connectivity index (χ0n) is 14.1. The topological polar surface area (TPSA) is 35.0 Å². The highest BCUT2D eigenvalue weighted by molar-refractivity contribution is 7.14. The zero-order chi connectivity index (χ0) is 16.3. The molecule has 3 nitrogen and oxygen atoms in total. The number of hydrogen-bond acceptors (Lipinski definition) is 4. The van der Waals surface area contributed by atoms with Crippen LogP contribution in [0.4, 0.5) is 0 Å². The smallest absolute Gasteiger partial charge is 0.147 e. The Kier molecular flexibility index (Phi) is 7.81. The molecule has 0 fully saturated rings. The van der Waals surface area contributed by atoms with Crippen LogP contribution in [0.5, 0.6) is 5.75 Å². The third kappa shape index (κ3) is 6.14. The highest BCUT2D eigenvalue weighted by Crippen LogP contribution is 2.26. The number of benzene rings is 1. The molecule has 2 rings (SSSR count). The lowest BCUT2D eigenvalue weighted by atomic mass is 10.2.